The van der Waals surface area contributed by atoms with Crippen LogP contribution in [-0.2, 0) is 11.2 Å². The molecule has 0 fully saturated rings. The summed E-state index contributed by atoms with van der Waals surface area (Å²) in [7, 11) is 0. The molecule has 1 rings (SSSR count). The fourth-order valence-corrected chi connectivity index (χ4v) is 2.56. The smallest absolute Gasteiger partial charge is 0.224 e. The topological polar surface area (TPSA) is 29.1 Å². The molecule has 2 unspecified atom stereocenters. The van der Waals surface area contributed by atoms with Gasteiger partial charge in [-0.2, -0.15) is 0 Å². The lowest BCUT2D eigenvalue weighted by Crippen LogP contribution is -2.37. The molecule has 1 aromatic heterocycles. The van der Waals surface area contributed by atoms with Crippen molar-refractivity contribution in [2.24, 2.45) is 5.92 Å². The molecule has 0 saturated heterocycles. The van der Waals surface area contributed by atoms with Crippen LogP contribution < -0.4 is 5.32 Å². The highest BCUT2D eigenvalue weighted by Crippen LogP contribution is 2.16. The van der Waals surface area contributed by atoms with Crippen molar-refractivity contribution < 1.29 is 4.79 Å². The summed E-state index contributed by atoms with van der Waals surface area (Å²) in [6.07, 6.45) is 0.888. The Morgan fingerprint density at radius 1 is 1.50 bits per heavy atom. The molecule has 2 nitrogen and oxygen atoms in total. The van der Waals surface area contributed by atoms with Crippen molar-refractivity contribution in [3.8, 4) is 0 Å². The summed E-state index contributed by atoms with van der Waals surface area (Å²) >= 11 is 7.41. The van der Waals surface area contributed by atoms with E-state index < -0.39 is 0 Å². The molecule has 4 heteroatoms. The predicted molar refractivity (Wildman–Crippen MR) is 70.2 cm³/mol. The van der Waals surface area contributed by atoms with E-state index in [-0.39, 0.29) is 17.9 Å². The molecule has 0 spiro atoms. The molecule has 90 valence electrons. The van der Waals surface area contributed by atoms with Crippen molar-refractivity contribution >= 4 is 28.8 Å². The minimum Gasteiger partial charge on any atom is -0.353 e. The number of carbonyl (C=O) groups is 1. The zero-order valence-electron chi connectivity index (χ0n) is 9.92. The van der Waals surface area contributed by atoms with Gasteiger partial charge in [-0.05, 0) is 26.0 Å². The summed E-state index contributed by atoms with van der Waals surface area (Å²) in [6, 6.07) is 4.39. The number of amides is 1. The van der Waals surface area contributed by atoms with E-state index in [1.165, 1.54) is 9.75 Å². The Bertz CT molecular complexity index is 351. The van der Waals surface area contributed by atoms with Gasteiger partial charge in [0.1, 0.15) is 0 Å². The molecular formula is C12H18ClNOS. The van der Waals surface area contributed by atoms with Crippen molar-refractivity contribution in [1.29, 1.82) is 0 Å². The molecule has 0 bridgehead atoms. The second kappa shape index (κ2) is 6.26. The van der Waals surface area contributed by atoms with E-state index in [0.29, 0.717) is 5.88 Å². The highest BCUT2D eigenvalue weighted by molar-refractivity contribution is 7.11. The number of aryl methyl sites for hydroxylation is 1. The number of halogens is 1. The molecule has 0 aliphatic rings. The Balaban J connectivity index is 2.41. The maximum absolute atomic E-state index is 11.6. The number of rotatable bonds is 5. The summed E-state index contributed by atoms with van der Waals surface area (Å²) in [5.74, 6) is 0.293. The fourth-order valence-electron chi connectivity index (χ4n) is 1.40. The first-order chi connectivity index (χ1) is 7.52. The van der Waals surface area contributed by atoms with Gasteiger partial charge in [0.25, 0.3) is 0 Å². The van der Waals surface area contributed by atoms with Crippen LogP contribution in [0.15, 0.2) is 12.1 Å². The largest absolute Gasteiger partial charge is 0.353 e. The van der Waals surface area contributed by atoms with E-state index in [9.17, 15) is 4.79 Å². The van der Waals surface area contributed by atoms with Crippen LogP contribution in [0, 0.1) is 12.8 Å². The summed E-state index contributed by atoms with van der Waals surface area (Å²) in [5.41, 5.74) is 0. The van der Waals surface area contributed by atoms with E-state index in [4.69, 9.17) is 11.6 Å². The number of nitrogens with one attached hydrogen (secondary N) is 1. The minimum atomic E-state index is -0.116. The highest BCUT2D eigenvalue weighted by Gasteiger charge is 2.14. The molecule has 1 amide bonds. The molecule has 0 aliphatic carbocycles. The van der Waals surface area contributed by atoms with Crippen LogP contribution in [0.3, 0.4) is 0 Å². The van der Waals surface area contributed by atoms with Crippen LogP contribution in [0.5, 0.6) is 0 Å². The molecule has 1 N–H and O–H groups in total. The minimum absolute atomic E-state index is 0.0378. The number of hydrogen-bond donors (Lipinski definition) is 1. The van der Waals surface area contributed by atoms with Gasteiger partial charge in [0.15, 0.2) is 0 Å². The summed E-state index contributed by atoms with van der Waals surface area (Å²) in [4.78, 5) is 14.2. The fraction of sp³-hybridized carbons (Fsp3) is 0.583. The van der Waals surface area contributed by atoms with Crippen LogP contribution in [0.2, 0.25) is 0 Å². The maximum Gasteiger partial charge on any atom is 0.224 e. The third-order valence-corrected chi connectivity index (χ3v) is 3.86. The van der Waals surface area contributed by atoms with E-state index >= 15 is 0 Å². The lowest BCUT2D eigenvalue weighted by molar-refractivity contribution is -0.124. The monoisotopic (exact) mass is 259 g/mol. The van der Waals surface area contributed by atoms with Gasteiger partial charge in [-0.1, -0.05) is 6.92 Å². The highest BCUT2D eigenvalue weighted by atomic mass is 35.5. The van der Waals surface area contributed by atoms with E-state index in [2.05, 4.69) is 24.4 Å². The number of alkyl halides is 1. The average Bonchev–Trinajstić information content (AvgIpc) is 2.62. The first-order valence-electron chi connectivity index (χ1n) is 5.44. The molecule has 1 heterocycles. The summed E-state index contributed by atoms with van der Waals surface area (Å²) < 4.78 is 0. The normalized spacial score (nSPS) is 14.5. The van der Waals surface area contributed by atoms with Crippen LogP contribution in [0.25, 0.3) is 0 Å². The second-order valence-corrected chi connectivity index (χ2v) is 5.86. The van der Waals surface area contributed by atoms with Gasteiger partial charge in [0.05, 0.1) is 0 Å². The van der Waals surface area contributed by atoms with Gasteiger partial charge in [-0.3, -0.25) is 4.79 Å². The SMILES string of the molecule is Cc1ccc(CC(C)NC(=O)C(C)CCl)s1. The van der Waals surface area contributed by atoms with Gasteiger partial charge >= 0.3 is 0 Å². The van der Waals surface area contributed by atoms with E-state index in [0.717, 1.165) is 6.42 Å². The molecule has 0 aliphatic heterocycles. The molecule has 0 radical (unpaired) electrons. The van der Waals surface area contributed by atoms with Gasteiger partial charge in [0, 0.05) is 34.0 Å². The van der Waals surface area contributed by atoms with Crippen LogP contribution in [-0.4, -0.2) is 17.8 Å². The lowest BCUT2D eigenvalue weighted by Gasteiger charge is -2.15. The van der Waals surface area contributed by atoms with Gasteiger partial charge in [-0.25, -0.2) is 0 Å². The van der Waals surface area contributed by atoms with Gasteiger partial charge in [0.2, 0.25) is 5.91 Å². The Hall–Kier alpha value is -0.540. The molecule has 2 atom stereocenters. The number of carbonyl (C=O) groups excluding carboxylic acids is 1. The second-order valence-electron chi connectivity index (χ2n) is 4.18. The zero-order valence-corrected chi connectivity index (χ0v) is 11.5. The molecular weight excluding hydrogens is 242 g/mol. The maximum atomic E-state index is 11.6. The Labute approximate surface area is 106 Å². The Kier molecular flexibility index (Phi) is 5.29. The van der Waals surface area contributed by atoms with Crippen molar-refractivity contribution in [2.45, 2.75) is 33.2 Å². The number of hydrogen-bond acceptors (Lipinski definition) is 2. The average molecular weight is 260 g/mol. The van der Waals surface area contributed by atoms with Gasteiger partial charge < -0.3 is 5.32 Å². The quantitative estimate of drug-likeness (QED) is 0.810. The molecule has 0 aromatic carbocycles. The Morgan fingerprint density at radius 2 is 2.19 bits per heavy atom. The molecule has 0 saturated carbocycles. The molecule has 16 heavy (non-hydrogen) atoms. The van der Waals surface area contributed by atoms with Crippen LogP contribution >= 0.6 is 22.9 Å². The standard InChI is InChI=1S/C12H18ClNOS/c1-8(7-13)12(15)14-9(2)6-11-5-4-10(3)16-11/h4-5,8-9H,6-7H2,1-3H3,(H,14,15). The first kappa shape index (κ1) is 13.5. The van der Waals surface area contributed by atoms with Crippen molar-refractivity contribution in [2.75, 3.05) is 5.88 Å². The predicted octanol–water partition coefficient (Wildman–Crippen LogP) is 2.98. The summed E-state index contributed by atoms with van der Waals surface area (Å²) in [5, 5.41) is 2.97. The molecule has 1 aromatic rings. The van der Waals surface area contributed by atoms with E-state index in [1.54, 1.807) is 11.3 Å². The van der Waals surface area contributed by atoms with Crippen LogP contribution in [0.1, 0.15) is 23.6 Å². The Morgan fingerprint density at radius 3 is 2.69 bits per heavy atom. The number of thiophene rings is 1. The van der Waals surface area contributed by atoms with Crippen molar-refractivity contribution in [1.82, 2.24) is 5.32 Å². The van der Waals surface area contributed by atoms with Gasteiger partial charge in [-0.15, -0.1) is 22.9 Å². The van der Waals surface area contributed by atoms with Crippen LogP contribution in [0.4, 0.5) is 0 Å². The van der Waals surface area contributed by atoms with Crippen molar-refractivity contribution in [3.63, 3.8) is 0 Å². The van der Waals surface area contributed by atoms with Crippen molar-refractivity contribution in [3.05, 3.63) is 21.9 Å². The van der Waals surface area contributed by atoms with E-state index in [1.807, 2.05) is 13.8 Å². The summed E-state index contributed by atoms with van der Waals surface area (Å²) in [6.45, 7) is 5.95. The lowest BCUT2D eigenvalue weighted by atomic mass is 10.1. The third-order valence-electron chi connectivity index (χ3n) is 2.37. The first-order valence-corrected chi connectivity index (χ1v) is 6.79. The third kappa shape index (κ3) is 4.14. The zero-order chi connectivity index (χ0) is 12.1.